The van der Waals surface area contributed by atoms with Crippen LogP contribution in [0.15, 0.2) is 35.1 Å². The van der Waals surface area contributed by atoms with Gasteiger partial charge in [0.2, 0.25) is 0 Å². The fraction of sp³-hybridized carbons (Fsp3) is 0.353. The van der Waals surface area contributed by atoms with E-state index >= 15 is 0 Å². The third-order valence-electron chi connectivity index (χ3n) is 4.09. The zero-order chi connectivity index (χ0) is 15.5. The van der Waals surface area contributed by atoms with Gasteiger partial charge in [0.25, 0.3) is 5.56 Å². The highest BCUT2D eigenvalue weighted by molar-refractivity contribution is 5.79. The first-order valence-corrected chi connectivity index (χ1v) is 7.45. The molecule has 1 aliphatic rings. The van der Waals surface area contributed by atoms with E-state index < -0.39 is 0 Å². The van der Waals surface area contributed by atoms with E-state index in [1.54, 1.807) is 0 Å². The third kappa shape index (κ3) is 2.79. The van der Waals surface area contributed by atoms with Crippen LogP contribution in [0.3, 0.4) is 0 Å². The zero-order valence-corrected chi connectivity index (χ0v) is 12.5. The van der Waals surface area contributed by atoms with Crippen LogP contribution >= 0.6 is 0 Å². The molecule has 0 amide bonds. The summed E-state index contributed by atoms with van der Waals surface area (Å²) >= 11 is 0. The number of hydrogen-bond donors (Lipinski definition) is 1. The van der Waals surface area contributed by atoms with Crippen LogP contribution in [0.2, 0.25) is 0 Å². The monoisotopic (exact) mass is 298 g/mol. The molecule has 5 heteroatoms. The summed E-state index contributed by atoms with van der Waals surface area (Å²) < 4.78 is 5.44. The first-order valence-electron chi connectivity index (χ1n) is 7.45. The van der Waals surface area contributed by atoms with Crippen molar-refractivity contribution in [1.82, 2.24) is 10.2 Å². The van der Waals surface area contributed by atoms with Gasteiger partial charge in [-0.2, -0.15) is 5.10 Å². The van der Waals surface area contributed by atoms with Gasteiger partial charge in [0.1, 0.15) is 6.61 Å². The maximum Gasteiger partial charge on any atom is 0.313 e. The molecule has 1 heterocycles. The number of rotatable bonds is 3. The molecular formula is C17H18N2O3. The largest absolute Gasteiger partial charge is 0.460 e. The molecule has 1 atom stereocenters. The summed E-state index contributed by atoms with van der Waals surface area (Å²) in [5, 5.41) is 6.48. The molecule has 5 nitrogen and oxygen atoms in total. The summed E-state index contributed by atoms with van der Waals surface area (Å²) in [7, 11) is 0. The first-order chi connectivity index (χ1) is 10.7. The number of fused-ring (bicyclic) bond motifs is 1. The number of H-pyrrole nitrogens is 1. The van der Waals surface area contributed by atoms with Gasteiger partial charge in [-0.25, -0.2) is 5.10 Å². The standard InChI is InChI=1S/C17H18N2O3/c1-11-15-13(16(20)19-18-11)8-5-9-14(15)17(21)22-10-12-6-3-2-4-7-12/h2-4,6-7,14H,5,8-10H2,1H3,(H,19,20). The van der Waals surface area contributed by atoms with E-state index in [-0.39, 0.29) is 24.1 Å². The number of carbonyl (C=O) groups is 1. The van der Waals surface area contributed by atoms with Gasteiger partial charge in [0.05, 0.1) is 11.6 Å². The summed E-state index contributed by atoms with van der Waals surface area (Å²) in [5.74, 6) is -0.664. The SMILES string of the molecule is Cc1n[nH]c(=O)c2c1C(C(=O)OCc1ccccc1)CCC2. The number of nitrogens with zero attached hydrogens (tertiary/aromatic N) is 1. The lowest BCUT2D eigenvalue weighted by atomic mass is 9.83. The summed E-state index contributed by atoms with van der Waals surface area (Å²) in [6, 6.07) is 9.57. The zero-order valence-electron chi connectivity index (χ0n) is 12.5. The summed E-state index contributed by atoms with van der Waals surface area (Å²) in [6.07, 6.45) is 2.20. The highest BCUT2D eigenvalue weighted by Gasteiger charge is 2.31. The maximum absolute atomic E-state index is 12.4. The third-order valence-corrected chi connectivity index (χ3v) is 4.09. The van der Waals surface area contributed by atoms with Crippen molar-refractivity contribution >= 4 is 5.97 Å². The Morgan fingerprint density at radius 1 is 1.36 bits per heavy atom. The van der Waals surface area contributed by atoms with Gasteiger partial charge in [-0.1, -0.05) is 30.3 Å². The average molecular weight is 298 g/mol. The quantitative estimate of drug-likeness (QED) is 0.882. The fourth-order valence-electron chi connectivity index (χ4n) is 3.01. The molecule has 2 aromatic rings. The van der Waals surface area contributed by atoms with Crippen molar-refractivity contribution < 1.29 is 9.53 Å². The van der Waals surface area contributed by atoms with Gasteiger partial charge < -0.3 is 4.74 Å². The number of carbonyl (C=O) groups excluding carboxylic acids is 1. The topological polar surface area (TPSA) is 72.0 Å². The number of hydrogen-bond acceptors (Lipinski definition) is 4. The van der Waals surface area contributed by atoms with Gasteiger partial charge in [0, 0.05) is 5.56 Å². The first kappa shape index (κ1) is 14.5. The molecule has 0 saturated heterocycles. The van der Waals surface area contributed by atoms with Crippen LogP contribution in [0.1, 0.15) is 41.1 Å². The number of aromatic amines is 1. The van der Waals surface area contributed by atoms with Crippen molar-refractivity contribution in [2.75, 3.05) is 0 Å². The normalized spacial score (nSPS) is 16.9. The van der Waals surface area contributed by atoms with Crippen LogP contribution in [-0.4, -0.2) is 16.2 Å². The second-order valence-electron chi connectivity index (χ2n) is 5.57. The number of aryl methyl sites for hydroxylation is 1. The Morgan fingerprint density at radius 2 is 2.14 bits per heavy atom. The Labute approximate surface area is 128 Å². The molecule has 1 aliphatic carbocycles. The van der Waals surface area contributed by atoms with Crippen molar-refractivity contribution in [3.63, 3.8) is 0 Å². The molecule has 0 saturated carbocycles. The predicted molar refractivity (Wildman–Crippen MR) is 81.5 cm³/mol. The number of ether oxygens (including phenoxy) is 1. The second kappa shape index (κ2) is 6.13. The number of esters is 1. The molecule has 3 rings (SSSR count). The Balaban J connectivity index is 1.80. The molecule has 22 heavy (non-hydrogen) atoms. The van der Waals surface area contributed by atoms with Crippen molar-refractivity contribution in [3.8, 4) is 0 Å². The van der Waals surface area contributed by atoms with Crippen molar-refractivity contribution in [2.24, 2.45) is 0 Å². The van der Waals surface area contributed by atoms with Crippen molar-refractivity contribution in [3.05, 3.63) is 63.1 Å². The Morgan fingerprint density at radius 3 is 2.91 bits per heavy atom. The number of nitrogens with one attached hydrogen (secondary N) is 1. The Bertz CT molecular complexity index is 737. The maximum atomic E-state index is 12.4. The second-order valence-corrected chi connectivity index (χ2v) is 5.57. The number of aromatic nitrogens is 2. The van der Waals surface area contributed by atoms with Crippen LogP contribution < -0.4 is 5.56 Å². The summed E-state index contributed by atoms with van der Waals surface area (Å²) in [6.45, 7) is 2.07. The minimum Gasteiger partial charge on any atom is -0.460 e. The van der Waals surface area contributed by atoms with Crippen LogP contribution in [0.4, 0.5) is 0 Å². The van der Waals surface area contributed by atoms with E-state index in [4.69, 9.17) is 4.74 Å². The van der Waals surface area contributed by atoms with E-state index in [1.807, 2.05) is 37.3 Å². The van der Waals surface area contributed by atoms with E-state index in [0.29, 0.717) is 24.1 Å². The molecule has 114 valence electrons. The van der Waals surface area contributed by atoms with Crippen molar-refractivity contribution in [2.45, 2.75) is 38.7 Å². The van der Waals surface area contributed by atoms with E-state index in [2.05, 4.69) is 10.2 Å². The summed E-state index contributed by atoms with van der Waals surface area (Å²) in [5.41, 5.74) is 2.90. The van der Waals surface area contributed by atoms with Crippen LogP contribution in [0.5, 0.6) is 0 Å². The van der Waals surface area contributed by atoms with Crippen LogP contribution in [0.25, 0.3) is 0 Å². The molecule has 1 aromatic heterocycles. The predicted octanol–water partition coefficient (Wildman–Crippen LogP) is 2.24. The molecule has 0 spiro atoms. The smallest absolute Gasteiger partial charge is 0.313 e. The molecule has 0 aliphatic heterocycles. The lowest BCUT2D eigenvalue weighted by Crippen LogP contribution is -2.28. The van der Waals surface area contributed by atoms with Crippen LogP contribution in [0, 0.1) is 6.92 Å². The van der Waals surface area contributed by atoms with E-state index in [9.17, 15) is 9.59 Å². The highest BCUT2D eigenvalue weighted by Crippen LogP contribution is 2.32. The van der Waals surface area contributed by atoms with Crippen molar-refractivity contribution in [1.29, 1.82) is 0 Å². The molecule has 0 bridgehead atoms. The highest BCUT2D eigenvalue weighted by atomic mass is 16.5. The number of benzene rings is 1. The van der Waals surface area contributed by atoms with E-state index in [1.165, 1.54) is 0 Å². The lowest BCUT2D eigenvalue weighted by molar-refractivity contribution is -0.147. The van der Waals surface area contributed by atoms with E-state index in [0.717, 1.165) is 17.5 Å². The summed E-state index contributed by atoms with van der Waals surface area (Å²) in [4.78, 5) is 24.3. The average Bonchev–Trinajstić information content (AvgIpc) is 2.56. The lowest BCUT2D eigenvalue weighted by Gasteiger charge is -2.24. The van der Waals surface area contributed by atoms with Gasteiger partial charge in [0.15, 0.2) is 0 Å². The Kier molecular flexibility index (Phi) is 4.04. The molecule has 1 unspecified atom stereocenters. The van der Waals surface area contributed by atoms with Gasteiger partial charge in [-0.3, -0.25) is 9.59 Å². The minimum absolute atomic E-state index is 0.193. The van der Waals surface area contributed by atoms with Gasteiger partial charge in [-0.05, 0) is 37.3 Å². The molecular weight excluding hydrogens is 280 g/mol. The van der Waals surface area contributed by atoms with Crippen LogP contribution in [-0.2, 0) is 22.6 Å². The Hall–Kier alpha value is -2.43. The van der Waals surface area contributed by atoms with Gasteiger partial charge in [-0.15, -0.1) is 0 Å². The molecule has 1 aromatic carbocycles. The molecule has 1 N–H and O–H groups in total. The minimum atomic E-state index is -0.387. The van der Waals surface area contributed by atoms with Gasteiger partial charge >= 0.3 is 5.97 Å². The molecule has 0 radical (unpaired) electrons. The molecule has 0 fully saturated rings. The fourth-order valence-corrected chi connectivity index (χ4v) is 3.01.